The van der Waals surface area contributed by atoms with Gasteiger partial charge in [0.05, 0.1) is 7.11 Å². The van der Waals surface area contributed by atoms with Crippen LogP contribution in [0.5, 0.6) is 11.5 Å². The van der Waals surface area contributed by atoms with Gasteiger partial charge in [-0.1, -0.05) is 30.3 Å². The van der Waals surface area contributed by atoms with Gasteiger partial charge in [0.1, 0.15) is 24.2 Å². The number of methoxy groups -OCH3 is 1. The average Bonchev–Trinajstić information content (AvgIpc) is 2.83. The standard InChI is InChI=1S/C25H31F2NO6/c1-28(2)14-13-20(34-25(31)23(27)22(26)24(29)30)16-33-21-10-5-4-8-18(21)12-11-17-7-6-9-19(15-17)32-3/h4-10,15,20,22-23H,11-14,16H2,1-3H3,(H,29,30). The van der Waals surface area contributed by atoms with Gasteiger partial charge in [-0.2, -0.15) is 0 Å². The van der Waals surface area contributed by atoms with E-state index in [9.17, 15) is 18.4 Å². The van der Waals surface area contributed by atoms with Crippen LogP contribution in [0.3, 0.4) is 0 Å². The van der Waals surface area contributed by atoms with E-state index in [2.05, 4.69) is 0 Å². The molecular weight excluding hydrogens is 448 g/mol. The maximum Gasteiger partial charge on any atom is 0.344 e. The molecule has 3 atom stereocenters. The molecule has 0 aliphatic carbocycles. The molecule has 2 aromatic carbocycles. The highest BCUT2D eigenvalue weighted by Crippen LogP contribution is 2.22. The number of hydrogen-bond donors (Lipinski definition) is 1. The minimum Gasteiger partial charge on any atom is -0.497 e. The van der Waals surface area contributed by atoms with Gasteiger partial charge in [0.25, 0.3) is 0 Å². The summed E-state index contributed by atoms with van der Waals surface area (Å²) in [6, 6.07) is 15.2. The molecule has 2 aromatic rings. The summed E-state index contributed by atoms with van der Waals surface area (Å²) in [6.07, 6.45) is -5.06. The van der Waals surface area contributed by atoms with Crippen molar-refractivity contribution in [2.45, 2.75) is 37.7 Å². The number of aliphatic carboxylic acids is 1. The number of hydrogen-bond acceptors (Lipinski definition) is 6. The quantitative estimate of drug-likeness (QED) is 0.415. The third kappa shape index (κ3) is 8.62. The second-order valence-corrected chi connectivity index (χ2v) is 8.06. The van der Waals surface area contributed by atoms with E-state index in [0.717, 1.165) is 23.3 Å². The third-order valence-corrected chi connectivity index (χ3v) is 5.11. The fourth-order valence-corrected chi connectivity index (χ4v) is 3.19. The lowest BCUT2D eigenvalue weighted by molar-refractivity contribution is -0.165. The van der Waals surface area contributed by atoms with Crippen molar-refractivity contribution in [2.75, 3.05) is 34.4 Å². The first-order valence-electron chi connectivity index (χ1n) is 10.9. The van der Waals surface area contributed by atoms with Crippen molar-refractivity contribution >= 4 is 11.9 Å². The van der Waals surface area contributed by atoms with Crippen LogP contribution in [-0.2, 0) is 27.2 Å². The first kappa shape index (κ1) is 27.0. The zero-order chi connectivity index (χ0) is 25.1. The molecule has 34 heavy (non-hydrogen) atoms. The van der Waals surface area contributed by atoms with Crippen LogP contribution in [0.15, 0.2) is 48.5 Å². The minimum atomic E-state index is -2.99. The number of halogens is 2. The molecule has 0 bridgehead atoms. The van der Waals surface area contributed by atoms with E-state index in [-0.39, 0.29) is 6.61 Å². The van der Waals surface area contributed by atoms with Crippen molar-refractivity contribution in [2.24, 2.45) is 0 Å². The molecule has 0 saturated carbocycles. The SMILES string of the molecule is COc1cccc(CCc2ccccc2OCC(CCN(C)C)OC(=O)C(F)C(F)C(=O)O)c1. The Morgan fingerprint density at radius 3 is 2.44 bits per heavy atom. The summed E-state index contributed by atoms with van der Waals surface area (Å²) >= 11 is 0. The maximum absolute atomic E-state index is 13.9. The molecule has 0 fully saturated rings. The number of benzene rings is 2. The molecule has 1 N–H and O–H groups in total. The van der Waals surface area contributed by atoms with Crippen LogP contribution in [0.4, 0.5) is 8.78 Å². The summed E-state index contributed by atoms with van der Waals surface area (Å²) in [6.45, 7) is 0.403. The Kier molecular flexibility index (Phi) is 10.7. The zero-order valence-corrected chi connectivity index (χ0v) is 19.6. The Bertz CT molecular complexity index is 939. The first-order valence-corrected chi connectivity index (χ1v) is 10.9. The van der Waals surface area contributed by atoms with E-state index in [1.54, 1.807) is 13.2 Å². The Balaban J connectivity index is 2.04. The number of aryl methyl sites for hydroxylation is 2. The first-order chi connectivity index (χ1) is 16.2. The van der Waals surface area contributed by atoms with Crippen molar-refractivity contribution < 1.29 is 37.7 Å². The van der Waals surface area contributed by atoms with E-state index in [0.29, 0.717) is 25.1 Å². The van der Waals surface area contributed by atoms with Gasteiger partial charge >= 0.3 is 11.9 Å². The normalized spacial score (nSPS) is 13.7. The number of rotatable bonds is 14. The maximum atomic E-state index is 13.9. The number of nitrogens with zero attached hydrogens (tertiary/aromatic N) is 1. The van der Waals surface area contributed by atoms with E-state index in [4.69, 9.17) is 19.3 Å². The van der Waals surface area contributed by atoms with E-state index >= 15 is 0 Å². The molecule has 0 spiro atoms. The van der Waals surface area contributed by atoms with Crippen LogP contribution in [-0.4, -0.2) is 74.7 Å². The molecule has 2 rings (SSSR count). The molecule has 0 amide bonds. The van der Waals surface area contributed by atoms with Crippen molar-refractivity contribution in [3.8, 4) is 11.5 Å². The molecule has 7 nitrogen and oxygen atoms in total. The van der Waals surface area contributed by atoms with E-state index in [1.165, 1.54) is 0 Å². The number of carbonyl (C=O) groups is 2. The van der Waals surface area contributed by atoms with Crippen molar-refractivity contribution in [1.29, 1.82) is 0 Å². The summed E-state index contributed by atoms with van der Waals surface area (Å²) in [7, 11) is 5.24. The van der Waals surface area contributed by atoms with Gasteiger partial charge in [-0.3, -0.25) is 0 Å². The molecule has 9 heteroatoms. The van der Waals surface area contributed by atoms with Crippen molar-refractivity contribution in [1.82, 2.24) is 4.90 Å². The number of carboxylic acid groups (broad SMARTS) is 1. The summed E-state index contributed by atoms with van der Waals surface area (Å²) in [5.74, 6) is -2.26. The van der Waals surface area contributed by atoms with Crippen LogP contribution >= 0.6 is 0 Å². The van der Waals surface area contributed by atoms with Crippen LogP contribution < -0.4 is 9.47 Å². The molecule has 3 unspecified atom stereocenters. The number of esters is 1. The van der Waals surface area contributed by atoms with Crippen LogP contribution in [0.2, 0.25) is 0 Å². The minimum absolute atomic E-state index is 0.0908. The molecule has 186 valence electrons. The molecular formula is C25H31F2NO6. The van der Waals surface area contributed by atoms with Crippen molar-refractivity contribution in [3.05, 3.63) is 59.7 Å². The Labute approximate surface area is 198 Å². The van der Waals surface area contributed by atoms with Gasteiger partial charge in [-0.25, -0.2) is 18.4 Å². The number of carboxylic acids is 1. The van der Waals surface area contributed by atoms with E-state index in [1.807, 2.05) is 61.5 Å². The predicted octanol–water partition coefficient (Wildman–Crippen LogP) is 3.48. The smallest absolute Gasteiger partial charge is 0.344 e. The summed E-state index contributed by atoms with van der Waals surface area (Å²) in [4.78, 5) is 24.4. The molecule has 0 saturated heterocycles. The third-order valence-electron chi connectivity index (χ3n) is 5.11. The predicted molar refractivity (Wildman–Crippen MR) is 123 cm³/mol. The summed E-state index contributed by atoms with van der Waals surface area (Å²) < 4.78 is 43.5. The molecule has 0 radical (unpaired) electrons. The van der Waals surface area contributed by atoms with E-state index < -0.39 is 30.4 Å². The lowest BCUT2D eigenvalue weighted by atomic mass is 10.0. The second kappa shape index (κ2) is 13.5. The highest BCUT2D eigenvalue weighted by Gasteiger charge is 2.36. The van der Waals surface area contributed by atoms with Gasteiger partial charge in [-0.05, 0) is 56.3 Å². The lowest BCUT2D eigenvalue weighted by Gasteiger charge is -2.22. The average molecular weight is 480 g/mol. The topological polar surface area (TPSA) is 85.3 Å². The van der Waals surface area contributed by atoms with Crippen LogP contribution in [0.25, 0.3) is 0 Å². The largest absolute Gasteiger partial charge is 0.497 e. The number of para-hydroxylation sites is 1. The molecule has 0 aliphatic rings. The Morgan fingerprint density at radius 1 is 1.03 bits per heavy atom. The Hall–Kier alpha value is -3.20. The molecule has 0 heterocycles. The molecule has 0 aliphatic heterocycles. The fourth-order valence-electron chi connectivity index (χ4n) is 3.19. The van der Waals surface area contributed by atoms with Gasteiger partial charge in [0.15, 0.2) is 0 Å². The summed E-state index contributed by atoms with van der Waals surface area (Å²) in [5.41, 5.74) is 2.03. The monoisotopic (exact) mass is 479 g/mol. The Morgan fingerprint density at radius 2 is 1.76 bits per heavy atom. The van der Waals surface area contributed by atoms with Crippen LogP contribution in [0.1, 0.15) is 17.5 Å². The zero-order valence-electron chi connectivity index (χ0n) is 19.6. The van der Waals surface area contributed by atoms with Gasteiger partial charge in [0.2, 0.25) is 12.3 Å². The highest BCUT2D eigenvalue weighted by atomic mass is 19.2. The lowest BCUT2D eigenvalue weighted by Crippen LogP contribution is -2.38. The van der Waals surface area contributed by atoms with Crippen molar-refractivity contribution in [3.63, 3.8) is 0 Å². The fraction of sp³-hybridized carbons (Fsp3) is 0.440. The van der Waals surface area contributed by atoms with Gasteiger partial charge < -0.3 is 24.2 Å². The number of alkyl halides is 2. The summed E-state index contributed by atoms with van der Waals surface area (Å²) in [5, 5.41) is 8.60. The highest BCUT2D eigenvalue weighted by molar-refractivity contribution is 5.84. The number of ether oxygens (including phenoxy) is 3. The van der Waals surface area contributed by atoms with Crippen LogP contribution in [0, 0.1) is 0 Å². The van der Waals surface area contributed by atoms with Gasteiger partial charge in [0, 0.05) is 13.0 Å². The second-order valence-electron chi connectivity index (χ2n) is 8.06. The van der Waals surface area contributed by atoms with Gasteiger partial charge in [-0.15, -0.1) is 0 Å². The number of carbonyl (C=O) groups excluding carboxylic acids is 1. The molecule has 0 aromatic heterocycles.